The standard InChI is InChI=1S/4Al.6O3Si/c;;;;6*1-4(2)3/q4*+3;6*-2. The monoisotopic (exact) mass is 564 g/mol. The molecule has 0 aromatic rings. The molecular weight excluding hydrogens is 564 g/mol. The summed E-state index contributed by atoms with van der Waals surface area (Å²) in [6.45, 7) is 0. The van der Waals surface area contributed by atoms with E-state index in [0.29, 0.717) is 0 Å². The molecule has 28 heteroatoms. The SMILES string of the molecule is O=[Si]([O-])[O-].O=[Si]([O-])[O-].O=[Si]([O-])[O-].O=[Si]([O-])[O-].O=[Si]([O-])[O-].O=[Si]([O-])[O-].[Al+3].[Al+3].[Al+3].[Al+3]. The summed E-state index contributed by atoms with van der Waals surface area (Å²) in [5, 5.41) is 0. The number of rotatable bonds is 0. The molecule has 0 saturated carbocycles. The van der Waals surface area contributed by atoms with Crippen LogP contribution in [-0.4, -0.2) is 124 Å². The Bertz CT molecular complexity index is 267. The molecule has 0 spiro atoms. The van der Waals surface area contributed by atoms with Crippen molar-refractivity contribution in [3.63, 3.8) is 0 Å². The molecule has 0 unspecified atom stereocenters. The van der Waals surface area contributed by atoms with Crippen LogP contribution < -0.4 is 57.5 Å². The van der Waals surface area contributed by atoms with Crippen LogP contribution in [0.15, 0.2) is 0 Å². The van der Waals surface area contributed by atoms with Crippen molar-refractivity contribution in [3.8, 4) is 0 Å². The Morgan fingerprint density at radius 1 is 0.250 bits per heavy atom. The summed E-state index contributed by atoms with van der Waals surface area (Å²) in [7, 11) is -21.8. The zero-order valence-corrected chi connectivity index (χ0v) is 23.3. The van der Waals surface area contributed by atoms with Gasteiger partial charge < -0.3 is 84.3 Å². The van der Waals surface area contributed by atoms with Gasteiger partial charge >= 0.3 is 69.4 Å². The van der Waals surface area contributed by atoms with Crippen molar-refractivity contribution in [1.82, 2.24) is 0 Å². The van der Waals surface area contributed by atoms with Crippen molar-refractivity contribution in [1.29, 1.82) is 0 Å². The van der Waals surface area contributed by atoms with Crippen molar-refractivity contribution in [2.24, 2.45) is 0 Å². The van der Waals surface area contributed by atoms with E-state index in [0.717, 1.165) is 0 Å². The van der Waals surface area contributed by atoms with Gasteiger partial charge in [-0.05, 0) is 0 Å². The molecule has 0 aliphatic carbocycles. The first kappa shape index (κ1) is 63.0. The molecule has 0 aliphatic rings. The molecule has 0 atom stereocenters. The van der Waals surface area contributed by atoms with Gasteiger partial charge in [0, 0.05) is 55.0 Å². The van der Waals surface area contributed by atoms with Gasteiger partial charge in [-0.3, -0.25) is 0 Å². The van der Waals surface area contributed by atoms with E-state index in [2.05, 4.69) is 0 Å². The molecule has 0 amide bonds. The van der Waals surface area contributed by atoms with Crippen LogP contribution in [0.2, 0.25) is 0 Å². The van der Waals surface area contributed by atoms with Crippen LogP contribution in [-0.2, 0) is 26.8 Å². The minimum atomic E-state index is -3.63. The van der Waals surface area contributed by atoms with Crippen molar-refractivity contribution < 1.29 is 84.3 Å². The Labute approximate surface area is 207 Å². The molecule has 0 radical (unpaired) electrons. The van der Waals surface area contributed by atoms with Gasteiger partial charge in [-0.2, -0.15) is 0 Å². The predicted octanol–water partition coefficient (Wildman–Crippen LogP) is -18.8. The molecule has 0 aromatic carbocycles. The first-order chi connectivity index (χ1) is 10.4. The Balaban J connectivity index is -0.0000000169. The maximum absolute atomic E-state index is 8.52. The molecule has 0 N–H and O–H groups in total. The number of hydrogen-bond donors (Lipinski definition) is 0. The first-order valence-electron chi connectivity index (χ1n) is 3.67. The van der Waals surface area contributed by atoms with Gasteiger partial charge in [0.05, 0.1) is 0 Å². The van der Waals surface area contributed by atoms with Gasteiger partial charge in [0.1, 0.15) is 0 Å². The summed E-state index contributed by atoms with van der Waals surface area (Å²) < 4.78 is 51.1. The Hall–Kier alpha value is -0.169. The third kappa shape index (κ3) is 559000. The smallest absolute Gasteiger partial charge is 0.672 e. The van der Waals surface area contributed by atoms with Crippen LogP contribution in [0.4, 0.5) is 0 Å². The van der Waals surface area contributed by atoms with Crippen LogP contribution in [0.25, 0.3) is 0 Å². The zero-order valence-electron chi connectivity index (χ0n) is 12.7. The Kier molecular flexibility index (Phi) is 127. The molecule has 0 fully saturated rings. The van der Waals surface area contributed by atoms with Crippen molar-refractivity contribution in [2.45, 2.75) is 0 Å². The van der Waals surface area contributed by atoms with E-state index in [1.807, 2.05) is 0 Å². The summed E-state index contributed by atoms with van der Waals surface area (Å²) in [4.78, 5) is 102. The van der Waals surface area contributed by atoms with Crippen LogP contribution in [0, 0.1) is 0 Å². The second-order valence-corrected chi connectivity index (χ2v) is 4.50. The summed E-state index contributed by atoms with van der Waals surface area (Å²) in [5.41, 5.74) is 0. The fourth-order valence-corrected chi connectivity index (χ4v) is 0. The minimum absolute atomic E-state index is 0. The van der Waals surface area contributed by atoms with Crippen LogP contribution in [0.5, 0.6) is 0 Å². The zero-order chi connectivity index (χ0) is 21.5. The molecule has 0 saturated heterocycles. The van der Waals surface area contributed by atoms with Gasteiger partial charge in [-0.25, -0.2) is 0 Å². The molecule has 0 aliphatic heterocycles. The van der Waals surface area contributed by atoms with E-state index in [-0.39, 0.29) is 69.4 Å². The second-order valence-electron chi connectivity index (χ2n) is 1.50. The maximum atomic E-state index is 8.52. The van der Waals surface area contributed by atoms with Crippen molar-refractivity contribution in [2.75, 3.05) is 0 Å². The summed E-state index contributed by atoms with van der Waals surface area (Å²) in [6, 6.07) is 0. The van der Waals surface area contributed by atoms with Gasteiger partial charge in [0.15, 0.2) is 0 Å². The Morgan fingerprint density at radius 2 is 0.250 bits per heavy atom. The van der Waals surface area contributed by atoms with Crippen LogP contribution in [0.1, 0.15) is 0 Å². The van der Waals surface area contributed by atoms with Crippen LogP contribution in [0.3, 0.4) is 0 Å². The van der Waals surface area contributed by atoms with E-state index >= 15 is 0 Å². The maximum Gasteiger partial charge on any atom is 3.00 e. The van der Waals surface area contributed by atoms with E-state index < -0.39 is 55.0 Å². The predicted molar refractivity (Wildman–Crippen MR) is 61.7 cm³/mol. The average molecular weight is 564 g/mol. The van der Waals surface area contributed by atoms with Gasteiger partial charge in [-0.15, -0.1) is 0 Å². The van der Waals surface area contributed by atoms with E-state index in [9.17, 15) is 0 Å². The third-order valence-electron chi connectivity index (χ3n) is 0. The Morgan fingerprint density at radius 3 is 0.250 bits per heavy atom. The van der Waals surface area contributed by atoms with Gasteiger partial charge in [0.2, 0.25) is 0 Å². The third-order valence-corrected chi connectivity index (χ3v) is 0. The molecule has 144 valence electrons. The molecule has 0 rings (SSSR count). The summed E-state index contributed by atoms with van der Waals surface area (Å²) in [5.74, 6) is 0. The van der Waals surface area contributed by atoms with Gasteiger partial charge in [-0.1, -0.05) is 0 Å². The fraction of sp³-hybridized carbons (Fsp3) is 0. The molecular formula is Al4O18Si6. The molecule has 0 bridgehead atoms. The van der Waals surface area contributed by atoms with Gasteiger partial charge in [0.25, 0.3) is 0 Å². The van der Waals surface area contributed by atoms with Crippen LogP contribution >= 0.6 is 0 Å². The molecule has 28 heavy (non-hydrogen) atoms. The molecule has 0 heterocycles. The fourth-order valence-electron chi connectivity index (χ4n) is 0. The quantitative estimate of drug-likeness (QED) is 0.246. The molecule has 18 nitrogen and oxygen atoms in total. The largest absolute Gasteiger partial charge is 3.00 e. The van der Waals surface area contributed by atoms with Crippen molar-refractivity contribution >= 4 is 124 Å². The van der Waals surface area contributed by atoms with E-state index in [4.69, 9.17) is 84.3 Å². The summed E-state index contributed by atoms with van der Waals surface area (Å²) in [6.07, 6.45) is 0. The topological polar surface area (TPSA) is 379 Å². The number of hydrogen-bond acceptors (Lipinski definition) is 18. The summed E-state index contributed by atoms with van der Waals surface area (Å²) >= 11 is 0. The average Bonchev–Trinajstić information content (AvgIpc) is 2.08. The first-order valence-corrected chi connectivity index (χ1v) is 11.0. The van der Waals surface area contributed by atoms with E-state index in [1.54, 1.807) is 0 Å². The van der Waals surface area contributed by atoms with E-state index in [1.165, 1.54) is 0 Å². The minimum Gasteiger partial charge on any atom is -0.672 e. The van der Waals surface area contributed by atoms with Crippen molar-refractivity contribution in [3.05, 3.63) is 0 Å². The molecule has 0 aromatic heterocycles. The second kappa shape index (κ2) is 56.3. The normalized spacial score (nSPS) is 5.14.